The van der Waals surface area contributed by atoms with Crippen LogP contribution in [0.4, 0.5) is 0 Å². The highest BCUT2D eigenvalue weighted by atomic mass is 15.2. The highest BCUT2D eigenvalue weighted by Crippen LogP contribution is 2.28. The van der Waals surface area contributed by atoms with Gasteiger partial charge in [-0.3, -0.25) is 0 Å². The molecule has 0 amide bonds. The van der Waals surface area contributed by atoms with Gasteiger partial charge in [-0.05, 0) is 26.0 Å². The van der Waals surface area contributed by atoms with E-state index in [0.717, 1.165) is 0 Å². The van der Waals surface area contributed by atoms with Gasteiger partial charge in [0.2, 0.25) is 0 Å². The van der Waals surface area contributed by atoms with Gasteiger partial charge >= 0.3 is 0 Å². The molecule has 0 aromatic heterocycles. The summed E-state index contributed by atoms with van der Waals surface area (Å²) in [4.78, 5) is 4.97. The Bertz CT molecular complexity index is 208. The Morgan fingerprint density at radius 3 is 2.83 bits per heavy atom. The van der Waals surface area contributed by atoms with E-state index in [1.807, 2.05) is 0 Å². The Hall–Kier alpha value is -0.500. The lowest BCUT2D eigenvalue weighted by Gasteiger charge is -2.28. The van der Waals surface area contributed by atoms with Crippen LogP contribution >= 0.6 is 0 Å². The molecule has 2 aliphatic rings. The van der Waals surface area contributed by atoms with Crippen molar-refractivity contribution in [3.8, 4) is 0 Å². The smallest absolute Gasteiger partial charge is 0.0213 e. The zero-order valence-electron chi connectivity index (χ0n) is 8.14. The van der Waals surface area contributed by atoms with E-state index in [9.17, 15) is 0 Å². The maximum absolute atomic E-state index is 2.54. The van der Waals surface area contributed by atoms with E-state index in [-0.39, 0.29) is 0 Å². The molecule has 2 aliphatic heterocycles. The summed E-state index contributed by atoms with van der Waals surface area (Å²) >= 11 is 0. The molecule has 0 spiro atoms. The molecule has 2 heteroatoms. The van der Waals surface area contributed by atoms with E-state index in [1.54, 1.807) is 11.3 Å². The number of rotatable bonds is 1. The van der Waals surface area contributed by atoms with Gasteiger partial charge in [0.05, 0.1) is 0 Å². The Morgan fingerprint density at radius 2 is 2.08 bits per heavy atom. The summed E-state index contributed by atoms with van der Waals surface area (Å²) in [5.74, 6) is 0. The Kier molecular flexibility index (Phi) is 2.09. The lowest BCUT2D eigenvalue weighted by molar-refractivity contribution is 0.316. The normalized spacial score (nSPS) is 25.0. The first kappa shape index (κ1) is 8.11. The average molecular weight is 166 g/mol. The van der Waals surface area contributed by atoms with E-state index < -0.39 is 0 Å². The summed E-state index contributed by atoms with van der Waals surface area (Å²) in [5, 5.41) is 0. The SMILES string of the molecule is CCN1CCC2=C1CCN(C)C2. The van der Waals surface area contributed by atoms with Crippen LogP contribution in [0.5, 0.6) is 0 Å². The predicted molar refractivity (Wildman–Crippen MR) is 51.0 cm³/mol. The lowest BCUT2D eigenvalue weighted by atomic mass is 10.1. The van der Waals surface area contributed by atoms with E-state index in [4.69, 9.17) is 0 Å². The minimum Gasteiger partial charge on any atom is -0.375 e. The molecule has 0 atom stereocenters. The first-order chi connectivity index (χ1) is 5.81. The largest absolute Gasteiger partial charge is 0.375 e. The molecule has 68 valence electrons. The zero-order valence-corrected chi connectivity index (χ0v) is 8.14. The van der Waals surface area contributed by atoms with Gasteiger partial charge in [-0.2, -0.15) is 0 Å². The van der Waals surface area contributed by atoms with Gasteiger partial charge in [0.25, 0.3) is 0 Å². The number of nitrogens with zero attached hydrogens (tertiary/aromatic N) is 2. The van der Waals surface area contributed by atoms with Crippen molar-refractivity contribution in [2.75, 3.05) is 33.2 Å². The highest BCUT2D eigenvalue weighted by molar-refractivity contribution is 5.23. The summed E-state index contributed by atoms with van der Waals surface area (Å²) in [5.41, 5.74) is 3.36. The molecule has 0 saturated heterocycles. The molecule has 0 bridgehead atoms. The van der Waals surface area contributed by atoms with Crippen LogP contribution in [0.1, 0.15) is 19.8 Å². The molecule has 12 heavy (non-hydrogen) atoms. The number of hydrogen-bond acceptors (Lipinski definition) is 2. The first-order valence-corrected chi connectivity index (χ1v) is 4.95. The van der Waals surface area contributed by atoms with Crippen LogP contribution in [0, 0.1) is 0 Å². The third-order valence-corrected chi connectivity index (χ3v) is 3.05. The van der Waals surface area contributed by atoms with Crippen LogP contribution in [0.3, 0.4) is 0 Å². The third kappa shape index (κ3) is 1.24. The maximum Gasteiger partial charge on any atom is 0.0213 e. The van der Waals surface area contributed by atoms with Crippen molar-refractivity contribution in [1.82, 2.24) is 9.80 Å². The summed E-state index contributed by atoms with van der Waals surface area (Å²) < 4.78 is 0. The Labute approximate surface area is 74.8 Å². The molecular formula is C10H18N2. The van der Waals surface area contributed by atoms with Crippen LogP contribution in [0.15, 0.2) is 11.3 Å². The molecule has 0 saturated carbocycles. The van der Waals surface area contributed by atoms with Crippen LogP contribution in [-0.4, -0.2) is 43.0 Å². The van der Waals surface area contributed by atoms with Gasteiger partial charge in [0, 0.05) is 38.3 Å². The van der Waals surface area contributed by atoms with Crippen molar-refractivity contribution < 1.29 is 0 Å². The highest BCUT2D eigenvalue weighted by Gasteiger charge is 2.24. The van der Waals surface area contributed by atoms with Crippen LogP contribution in [0.25, 0.3) is 0 Å². The van der Waals surface area contributed by atoms with E-state index in [1.165, 1.54) is 39.0 Å². The predicted octanol–water partition coefficient (Wildman–Crippen LogP) is 1.30. The Morgan fingerprint density at radius 1 is 1.25 bits per heavy atom. The minimum atomic E-state index is 1.20. The molecule has 2 heterocycles. The molecular weight excluding hydrogens is 148 g/mol. The monoisotopic (exact) mass is 166 g/mol. The molecule has 0 aromatic rings. The topological polar surface area (TPSA) is 6.48 Å². The van der Waals surface area contributed by atoms with Gasteiger partial charge in [0.15, 0.2) is 0 Å². The standard InChI is InChI=1S/C10H18N2/c1-3-12-7-4-9-8-11(2)6-5-10(9)12/h3-8H2,1-2H3. The van der Waals surface area contributed by atoms with Gasteiger partial charge in [0.1, 0.15) is 0 Å². The second kappa shape index (κ2) is 3.09. The molecule has 0 radical (unpaired) electrons. The van der Waals surface area contributed by atoms with Gasteiger partial charge in [-0.25, -0.2) is 0 Å². The zero-order chi connectivity index (χ0) is 8.55. The molecule has 0 aliphatic carbocycles. The van der Waals surface area contributed by atoms with E-state index >= 15 is 0 Å². The first-order valence-electron chi connectivity index (χ1n) is 4.95. The van der Waals surface area contributed by atoms with E-state index in [0.29, 0.717) is 0 Å². The fourth-order valence-electron chi connectivity index (χ4n) is 2.33. The molecule has 2 rings (SSSR count). The second-order valence-electron chi connectivity index (χ2n) is 3.87. The summed E-state index contributed by atoms with van der Waals surface area (Å²) in [6, 6.07) is 0. The maximum atomic E-state index is 2.54. The second-order valence-corrected chi connectivity index (χ2v) is 3.87. The van der Waals surface area contributed by atoms with Crippen LogP contribution in [-0.2, 0) is 0 Å². The van der Waals surface area contributed by atoms with Crippen molar-refractivity contribution in [1.29, 1.82) is 0 Å². The van der Waals surface area contributed by atoms with E-state index in [2.05, 4.69) is 23.8 Å². The van der Waals surface area contributed by atoms with Crippen molar-refractivity contribution in [3.63, 3.8) is 0 Å². The number of hydrogen-bond donors (Lipinski definition) is 0. The fourth-order valence-corrected chi connectivity index (χ4v) is 2.33. The van der Waals surface area contributed by atoms with Crippen LogP contribution < -0.4 is 0 Å². The summed E-state index contributed by atoms with van der Waals surface area (Å²) in [6.07, 6.45) is 2.59. The Balaban J connectivity index is 2.13. The van der Waals surface area contributed by atoms with Crippen molar-refractivity contribution in [2.24, 2.45) is 0 Å². The molecule has 2 nitrogen and oxygen atoms in total. The van der Waals surface area contributed by atoms with Gasteiger partial charge in [-0.1, -0.05) is 0 Å². The minimum absolute atomic E-state index is 1.20. The lowest BCUT2D eigenvalue weighted by Crippen LogP contribution is -2.29. The summed E-state index contributed by atoms with van der Waals surface area (Å²) in [6.45, 7) is 7.19. The van der Waals surface area contributed by atoms with Crippen molar-refractivity contribution in [2.45, 2.75) is 19.8 Å². The van der Waals surface area contributed by atoms with Crippen molar-refractivity contribution >= 4 is 0 Å². The quantitative estimate of drug-likeness (QED) is 0.579. The molecule has 0 fully saturated rings. The molecule has 0 unspecified atom stereocenters. The summed E-state index contributed by atoms with van der Waals surface area (Å²) in [7, 11) is 2.22. The van der Waals surface area contributed by atoms with Gasteiger partial charge < -0.3 is 9.80 Å². The fraction of sp³-hybridized carbons (Fsp3) is 0.800. The third-order valence-electron chi connectivity index (χ3n) is 3.05. The van der Waals surface area contributed by atoms with Gasteiger partial charge in [-0.15, -0.1) is 0 Å². The molecule has 0 N–H and O–H groups in total. The van der Waals surface area contributed by atoms with Crippen molar-refractivity contribution in [3.05, 3.63) is 11.3 Å². The van der Waals surface area contributed by atoms with Crippen LogP contribution in [0.2, 0.25) is 0 Å². The molecule has 0 aromatic carbocycles. The average Bonchev–Trinajstić information content (AvgIpc) is 2.46. The number of likely N-dealkylation sites (N-methyl/N-ethyl adjacent to an activating group) is 1.